The number of benzene rings is 1. The first-order valence-electron chi connectivity index (χ1n) is 5.24. The second kappa shape index (κ2) is 3.06. The Morgan fingerprint density at radius 2 is 2.12 bits per heavy atom. The standard InChI is InChI=1S/C12H12FNO2/c13-8-1-2-10-7(3-8)4-11(16-10)12(15)5-9(14)6-12/h1-4,9,15H,5-6,14H2. The molecule has 1 saturated carbocycles. The zero-order chi connectivity index (χ0) is 11.3. The van der Waals surface area contributed by atoms with Crippen LogP contribution in [0.2, 0.25) is 0 Å². The van der Waals surface area contributed by atoms with Crippen LogP contribution in [0.3, 0.4) is 0 Å². The van der Waals surface area contributed by atoms with E-state index in [1.54, 1.807) is 12.1 Å². The monoisotopic (exact) mass is 221 g/mol. The molecule has 4 heteroatoms. The van der Waals surface area contributed by atoms with Crippen LogP contribution in [0.5, 0.6) is 0 Å². The van der Waals surface area contributed by atoms with Gasteiger partial charge in [0, 0.05) is 11.4 Å². The third kappa shape index (κ3) is 1.34. The van der Waals surface area contributed by atoms with Gasteiger partial charge in [-0.05, 0) is 37.1 Å². The third-order valence-electron chi connectivity index (χ3n) is 3.14. The molecule has 0 aliphatic heterocycles. The molecule has 0 radical (unpaired) electrons. The minimum absolute atomic E-state index is 0.0231. The maximum Gasteiger partial charge on any atom is 0.137 e. The molecule has 1 aliphatic rings. The lowest BCUT2D eigenvalue weighted by Gasteiger charge is -2.39. The summed E-state index contributed by atoms with van der Waals surface area (Å²) in [6, 6.07) is 6.01. The number of aliphatic hydroxyl groups is 1. The molecular formula is C12H12FNO2. The van der Waals surface area contributed by atoms with E-state index >= 15 is 0 Å². The molecule has 0 spiro atoms. The zero-order valence-corrected chi connectivity index (χ0v) is 8.61. The Kier molecular flexibility index (Phi) is 1.87. The summed E-state index contributed by atoms with van der Waals surface area (Å²) in [5.74, 6) is 0.173. The summed E-state index contributed by atoms with van der Waals surface area (Å²) in [5, 5.41) is 10.8. The van der Waals surface area contributed by atoms with Crippen LogP contribution in [0.15, 0.2) is 28.7 Å². The van der Waals surface area contributed by atoms with Crippen molar-refractivity contribution in [2.75, 3.05) is 0 Å². The van der Waals surface area contributed by atoms with Crippen LogP contribution in [0.25, 0.3) is 11.0 Å². The summed E-state index contributed by atoms with van der Waals surface area (Å²) in [6.07, 6.45) is 0.991. The SMILES string of the molecule is NC1CC(O)(c2cc3cc(F)ccc3o2)C1. The first kappa shape index (κ1) is 9.81. The molecule has 84 valence electrons. The van der Waals surface area contributed by atoms with Gasteiger partial charge in [-0.2, -0.15) is 0 Å². The summed E-state index contributed by atoms with van der Waals surface area (Å²) in [7, 11) is 0. The topological polar surface area (TPSA) is 59.4 Å². The number of hydrogen-bond donors (Lipinski definition) is 2. The van der Waals surface area contributed by atoms with Crippen LogP contribution in [-0.2, 0) is 5.60 Å². The Hall–Kier alpha value is -1.39. The molecule has 3 N–H and O–H groups in total. The molecule has 16 heavy (non-hydrogen) atoms. The number of nitrogens with two attached hydrogens (primary N) is 1. The number of furan rings is 1. The average molecular weight is 221 g/mol. The molecular weight excluding hydrogens is 209 g/mol. The maximum absolute atomic E-state index is 13.0. The molecule has 0 amide bonds. The van der Waals surface area contributed by atoms with Gasteiger partial charge in [-0.1, -0.05) is 0 Å². The second-order valence-corrected chi connectivity index (χ2v) is 4.49. The highest BCUT2D eigenvalue weighted by atomic mass is 19.1. The normalized spacial score (nSPS) is 29.3. The van der Waals surface area contributed by atoms with Crippen molar-refractivity contribution in [3.63, 3.8) is 0 Å². The second-order valence-electron chi connectivity index (χ2n) is 4.49. The Morgan fingerprint density at radius 1 is 1.38 bits per heavy atom. The zero-order valence-electron chi connectivity index (χ0n) is 8.61. The van der Waals surface area contributed by atoms with Crippen LogP contribution in [0, 0.1) is 5.82 Å². The maximum atomic E-state index is 13.0. The Bertz CT molecular complexity index is 543. The van der Waals surface area contributed by atoms with Gasteiger partial charge < -0.3 is 15.3 Å². The lowest BCUT2D eigenvalue weighted by Crippen LogP contribution is -2.48. The molecule has 0 saturated heterocycles. The highest BCUT2D eigenvalue weighted by molar-refractivity contribution is 5.78. The summed E-state index contributed by atoms with van der Waals surface area (Å²) in [4.78, 5) is 0. The fourth-order valence-electron chi connectivity index (χ4n) is 2.25. The molecule has 1 aromatic heterocycles. The lowest BCUT2D eigenvalue weighted by atomic mass is 9.74. The van der Waals surface area contributed by atoms with Gasteiger partial charge in [0.25, 0.3) is 0 Å². The Morgan fingerprint density at radius 3 is 2.81 bits per heavy atom. The Labute approximate surface area is 91.7 Å². The summed E-state index contributed by atoms with van der Waals surface area (Å²) in [6.45, 7) is 0. The van der Waals surface area contributed by atoms with Gasteiger partial charge in [-0.3, -0.25) is 0 Å². The van der Waals surface area contributed by atoms with Crippen molar-refractivity contribution in [3.8, 4) is 0 Å². The van der Waals surface area contributed by atoms with Gasteiger partial charge in [0.05, 0.1) is 0 Å². The van der Waals surface area contributed by atoms with Crippen LogP contribution >= 0.6 is 0 Å². The van der Waals surface area contributed by atoms with Crippen molar-refractivity contribution >= 4 is 11.0 Å². The predicted molar refractivity (Wildman–Crippen MR) is 57.3 cm³/mol. The van der Waals surface area contributed by atoms with Crippen molar-refractivity contribution in [1.29, 1.82) is 0 Å². The number of hydrogen-bond acceptors (Lipinski definition) is 3. The van der Waals surface area contributed by atoms with E-state index < -0.39 is 5.60 Å². The molecule has 2 aromatic rings. The van der Waals surface area contributed by atoms with Gasteiger partial charge in [-0.25, -0.2) is 4.39 Å². The van der Waals surface area contributed by atoms with Gasteiger partial charge in [-0.15, -0.1) is 0 Å². The minimum Gasteiger partial charge on any atom is -0.458 e. The van der Waals surface area contributed by atoms with Crippen molar-refractivity contribution in [2.24, 2.45) is 5.73 Å². The quantitative estimate of drug-likeness (QED) is 0.773. The number of fused-ring (bicyclic) bond motifs is 1. The van der Waals surface area contributed by atoms with Crippen LogP contribution < -0.4 is 5.73 Å². The van der Waals surface area contributed by atoms with E-state index in [4.69, 9.17) is 10.2 Å². The summed E-state index contributed by atoms with van der Waals surface area (Å²) < 4.78 is 18.5. The largest absolute Gasteiger partial charge is 0.458 e. The fourth-order valence-corrected chi connectivity index (χ4v) is 2.25. The van der Waals surface area contributed by atoms with Gasteiger partial charge >= 0.3 is 0 Å². The Balaban J connectivity index is 2.06. The minimum atomic E-state index is -0.963. The van der Waals surface area contributed by atoms with Crippen LogP contribution in [-0.4, -0.2) is 11.1 Å². The first-order valence-corrected chi connectivity index (χ1v) is 5.24. The molecule has 0 unspecified atom stereocenters. The molecule has 1 heterocycles. The highest BCUT2D eigenvalue weighted by Crippen LogP contribution is 2.42. The molecule has 1 aromatic carbocycles. The van der Waals surface area contributed by atoms with Crippen LogP contribution in [0.4, 0.5) is 4.39 Å². The highest BCUT2D eigenvalue weighted by Gasteiger charge is 2.44. The predicted octanol–water partition coefficient (Wildman–Crippen LogP) is 1.88. The van der Waals surface area contributed by atoms with E-state index in [1.807, 2.05) is 0 Å². The number of rotatable bonds is 1. The van der Waals surface area contributed by atoms with Gasteiger partial charge in [0.1, 0.15) is 22.8 Å². The van der Waals surface area contributed by atoms with E-state index in [-0.39, 0.29) is 11.9 Å². The van der Waals surface area contributed by atoms with E-state index in [9.17, 15) is 9.50 Å². The van der Waals surface area contributed by atoms with Gasteiger partial charge in [0.2, 0.25) is 0 Å². The third-order valence-corrected chi connectivity index (χ3v) is 3.14. The van der Waals surface area contributed by atoms with E-state index in [0.717, 1.165) is 0 Å². The average Bonchev–Trinajstić information content (AvgIpc) is 2.58. The van der Waals surface area contributed by atoms with E-state index in [0.29, 0.717) is 29.6 Å². The smallest absolute Gasteiger partial charge is 0.137 e. The van der Waals surface area contributed by atoms with E-state index in [1.165, 1.54) is 12.1 Å². The van der Waals surface area contributed by atoms with Crippen LogP contribution in [0.1, 0.15) is 18.6 Å². The summed E-state index contributed by atoms with van der Waals surface area (Å²) in [5.41, 5.74) is 5.27. The van der Waals surface area contributed by atoms with Gasteiger partial charge in [0.15, 0.2) is 0 Å². The molecule has 3 rings (SSSR count). The fraction of sp³-hybridized carbons (Fsp3) is 0.333. The molecule has 1 aliphatic carbocycles. The summed E-state index contributed by atoms with van der Waals surface area (Å²) >= 11 is 0. The van der Waals surface area contributed by atoms with Crippen molar-refractivity contribution in [3.05, 3.63) is 35.8 Å². The van der Waals surface area contributed by atoms with Crippen molar-refractivity contribution in [2.45, 2.75) is 24.5 Å². The van der Waals surface area contributed by atoms with Crippen molar-refractivity contribution in [1.82, 2.24) is 0 Å². The lowest BCUT2D eigenvalue weighted by molar-refractivity contribution is -0.0681. The molecule has 0 atom stereocenters. The molecule has 0 bridgehead atoms. The first-order chi connectivity index (χ1) is 7.57. The molecule has 1 fully saturated rings. The van der Waals surface area contributed by atoms with Crippen molar-refractivity contribution < 1.29 is 13.9 Å². The van der Waals surface area contributed by atoms with E-state index in [2.05, 4.69) is 0 Å². The number of halogens is 1. The molecule has 3 nitrogen and oxygen atoms in total.